The second-order valence-electron chi connectivity index (χ2n) is 9.37. The summed E-state index contributed by atoms with van der Waals surface area (Å²) in [6.07, 6.45) is 5.95. The van der Waals surface area contributed by atoms with Crippen molar-refractivity contribution in [2.24, 2.45) is 11.7 Å². The number of carboxylic acid groups (broad SMARTS) is 1. The molecule has 0 fully saturated rings. The molecule has 2 aromatic rings. The van der Waals surface area contributed by atoms with Crippen molar-refractivity contribution in [2.45, 2.75) is 63.7 Å². The number of carboxylic acids is 1. The van der Waals surface area contributed by atoms with Crippen molar-refractivity contribution in [3.63, 3.8) is 0 Å². The maximum Gasteiger partial charge on any atom is 0.326 e. The van der Waals surface area contributed by atoms with E-state index in [-0.39, 0.29) is 24.5 Å². The number of aromatic hydroxyl groups is 1. The van der Waals surface area contributed by atoms with Gasteiger partial charge in [-0.2, -0.15) is 11.8 Å². The summed E-state index contributed by atoms with van der Waals surface area (Å²) in [5.74, 6) is -2.66. The van der Waals surface area contributed by atoms with Gasteiger partial charge in [0.15, 0.2) is 0 Å². The maximum absolute atomic E-state index is 13.3. The van der Waals surface area contributed by atoms with Crippen LogP contribution in [0.25, 0.3) is 0 Å². The van der Waals surface area contributed by atoms with E-state index in [1.807, 2.05) is 13.2 Å². The molecule has 0 spiro atoms. The summed E-state index contributed by atoms with van der Waals surface area (Å²) >= 11 is 1.50. The lowest BCUT2D eigenvalue weighted by molar-refractivity contribution is -0.142. The fourth-order valence-electron chi connectivity index (χ4n) is 3.79. The molecule has 2 rings (SSSR count). The Balaban J connectivity index is 2.12. The molecule has 0 aliphatic rings. The third-order valence-electron chi connectivity index (χ3n) is 6.36. The first kappa shape index (κ1) is 31.6. The number of phenolic OH excluding ortho intramolecular Hbond substituents is 1. The van der Waals surface area contributed by atoms with Crippen LogP contribution in [0.15, 0.2) is 36.8 Å². The van der Waals surface area contributed by atoms with Crippen LogP contribution in [-0.4, -0.2) is 80.0 Å². The smallest absolute Gasteiger partial charge is 0.326 e. The van der Waals surface area contributed by atoms with E-state index in [1.54, 1.807) is 25.3 Å². The quantitative estimate of drug-likeness (QED) is 0.153. The number of hydrogen-bond acceptors (Lipinski definition) is 8. The number of nitrogens with two attached hydrogens (primary N) is 1. The molecular weight excluding hydrogens is 524 g/mol. The third-order valence-corrected chi connectivity index (χ3v) is 7.00. The topological polar surface area (TPSA) is 200 Å². The minimum Gasteiger partial charge on any atom is -0.508 e. The molecule has 39 heavy (non-hydrogen) atoms. The predicted molar refractivity (Wildman–Crippen MR) is 148 cm³/mol. The zero-order chi connectivity index (χ0) is 28.9. The van der Waals surface area contributed by atoms with Crippen molar-refractivity contribution in [1.29, 1.82) is 0 Å². The van der Waals surface area contributed by atoms with Crippen molar-refractivity contribution >= 4 is 35.5 Å². The lowest BCUT2D eigenvalue weighted by Crippen LogP contribution is -2.59. The van der Waals surface area contributed by atoms with Gasteiger partial charge in [-0.05, 0) is 42.0 Å². The molecule has 5 unspecified atom stereocenters. The number of imidazole rings is 1. The van der Waals surface area contributed by atoms with E-state index < -0.39 is 47.9 Å². The zero-order valence-corrected chi connectivity index (χ0v) is 23.2. The van der Waals surface area contributed by atoms with E-state index in [1.165, 1.54) is 30.2 Å². The Hall–Kier alpha value is -3.58. The summed E-state index contributed by atoms with van der Waals surface area (Å²) in [7, 11) is 0. The van der Waals surface area contributed by atoms with Gasteiger partial charge in [0, 0.05) is 24.7 Å². The standard InChI is InChI=1S/C26H38N6O6S/c1-4-15(2)22(25(36)31-21(26(37)38)11-16-5-7-18(33)8-6-16)32-24(35)20(9-10-39-3)30-23(34)19(27)12-17-13-28-14-29-17/h5-8,13-15,19-22,33H,4,9-12,27H2,1-3H3,(H,28,29)(H,30,34)(H,31,36)(H,32,35)(H,37,38). The highest BCUT2D eigenvalue weighted by Gasteiger charge is 2.32. The normalized spacial score (nSPS) is 14.9. The van der Waals surface area contributed by atoms with Gasteiger partial charge in [-0.25, -0.2) is 9.78 Å². The molecule has 0 saturated heterocycles. The fraction of sp³-hybridized carbons (Fsp3) is 0.500. The number of aromatic nitrogens is 2. The van der Waals surface area contributed by atoms with Crippen molar-refractivity contribution < 1.29 is 29.4 Å². The second-order valence-corrected chi connectivity index (χ2v) is 10.4. The van der Waals surface area contributed by atoms with Crippen LogP contribution in [0.5, 0.6) is 5.75 Å². The van der Waals surface area contributed by atoms with Crippen LogP contribution < -0.4 is 21.7 Å². The molecule has 0 aliphatic carbocycles. The molecule has 0 saturated carbocycles. The number of benzene rings is 1. The van der Waals surface area contributed by atoms with Crippen molar-refractivity contribution in [3.8, 4) is 5.75 Å². The Kier molecular flexibility index (Phi) is 12.8. The highest BCUT2D eigenvalue weighted by atomic mass is 32.2. The number of nitrogens with one attached hydrogen (secondary N) is 4. The molecule has 0 radical (unpaired) electrons. The largest absolute Gasteiger partial charge is 0.508 e. The summed E-state index contributed by atoms with van der Waals surface area (Å²) in [5.41, 5.74) is 7.31. The van der Waals surface area contributed by atoms with E-state index in [0.29, 0.717) is 29.9 Å². The molecule has 0 aliphatic heterocycles. The molecule has 1 aromatic carbocycles. The Labute approximate surface area is 231 Å². The number of carbonyl (C=O) groups is 4. The lowest BCUT2D eigenvalue weighted by atomic mass is 9.96. The number of aromatic amines is 1. The molecule has 13 heteroatoms. The molecule has 1 heterocycles. The number of amides is 3. The Morgan fingerprint density at radius 1 is 1.03 bits per heavy atom. The van der Waals surface area contributed by atoms with Gasteiger partial charge >= 0.3 is 5.97 Å². The van der Waals surface area contributed by atoms with Gasteiger partial charge in [-0.15, -0.1) is 0 Å². The number of H-pyrrole nitrogens is 1. The average molecular weight is 563 g/mol. The van der Waals surface area contributed by atoms with Crippen molar-refractivity contribution in [3.05, 3.63) is 48.0 Å². The van der Waals surface area contributed by atoms with Crippen LogP contribution in [0.4, 0.5) is 0 Å². The van der Waals surface area contributed by atoms with Gasteiger partial charge in [0.1, 0.15) is 23.9 Å². The Morgan fingerprint density at radius 3 is 2.26 bits per heavy atom. The SMILES string of the molecule is CCC(C)C(NC(=O)C(CCSC)NC(=O)C(N)Cc1cnc[nH]1)C(=O)NC(Cc1ccc(O)cc1)C(=O)O. The van der Waals surface area contributed by atoms with Gasteiger partial charge < -0.3 is 36.9 Å². The highest BCUT2D eigenvalue weighted by molar-refractivity contribution is 7.98. The fourth-order valence-corrected chi connectivity index (χ4v) is 4.27. The number of thioether (sulfide) groups is 1. The van der Waals surface area contributed by atoms with Crippen LogP contribution in [0.3, 0.4) is 0 Å². The Morgan fingerprint density at radius 2 is 1.69 bits per heavy atom. The molecule has 214 valence electrons. The Bertz CT molecular complexity index is 1080. The monoisotopic (exact) mass is 562 g/mol. The first-order valence-corrected chi connectivity index (χ1v) is 14.1. The molecule has 3 amide bonds. The molecule has 0 bridgehead atoms. The number of rotatable bonds is 16. The summed E-state index contributed by atoms with van der Waals surface area (Å²) in [5, 5.41) is 27.1. The van der Waals surface area contributed by atoms with Gasteiger partial charge in [0.05, 0.1) is 12.4 Å². The van der Waals surface area contributed by atoms with Crippen molar-refractivity contribution in [1.82, 2.24) is 25.9 Å². The number of carbonyl (C=O) groups excluding carboxylic acids is 3. The van der Waals surface area contributed by atoms with Crippen LogP contribution in [0.1, 0.15) is 37.9 Å². The summed E-state index contributed by atoms with van der Waals surface area (Å²) in [6.45, 7) is 3.62. The molecule has 8 N–H and O–H groups in total. The zero-order valence-electron chi connectivity index (χ0n) is 22.3. The van der Waals surface area contributed by atoms with Crippen molar-refractivity contribution in [2.75, 3.05) is 12.0 Å². The minimum atomic E-state index is -1.25. The molecular formula is C26H38N6O6S. The van der Waals surface area contributed by atoms with E-state index in [4.69, 9.17) is 5.73 Å². The number of nitrogens with zero attached hydrogens (tertiary/aromatic N) is 1. The number of hydrogen-bond donors (Lipinski definition) is 7. The third kappa shape index (κ3) is 10.2. The lowest BCUT2D eigenvalue weighted by Gasteiger charge is -2.28. The second kappa shape index (κ2) is 15.7. The minimum absolute atomic E-state index is 0.0108. The summed E-state index contributed by atoms with van der Waals surface area (Å²) in [4.78, 5) is 58.0. The van der Waals surface area contributed by atoms with E-state index in [0.717, 1.165) is 0 Å². The summed E-state index contributed by atoms with van der Waals surface area (Å²) in [6, 6.07) is 1.87. The maximum atomic E-state index is 13.3. The summed E-state index contributed by atoms with van der Waals surface area (Å²) < 4.78 is 0. The van der Waals surface area contributed by atoms with E-state index >= 15 is 0 Å². The van der Waals surface area contributed by atoms with Crippen LogP contribution in [0, 0.1) is 5.92 Å². The predicted octanol–water partition coefficient (Wildman–Crippen LogP) is 0.566. The van der Waals surface area contributed by atoms with E-state index in [9.17, 15) is 29.4 Å². The average Bonchev–Trinajstić information content (AvgIpc) is 3.42. The molecule has 12 nitrogen and oxygen atoms in total. The van der Waals surface area contributed by atoms with Crippen LogP contribution >= 0.6 is 11.8 Å². The number of aliphatic carboxylic acids is 1. The van der Waals surface area contributed by atoms with Gasteiger partial charge in [0.25, 0.3) is 0 Å². The molecule has 1 aromatic heterocycles. The molecule has 5 atom stereocenters. The van der Waals surface area contributed by atoms with Crippen LogP contribution in [0.2, 0.25) is 0 Å². The van der Waals surface area contributed by atoms with E-state index in [2.05, 4.69) is 25.9 Å². The van der Waals surface area contributed by atoms with Gasteiger partial charge in [-0.3, -0.25) is 14.4 Å². The van der Waals surface area contributed by atoms with Crippen LogP contribution in [-0.2, 0) is 32.0 Å². The number of phenols is 1. The highest BCUT2D eigenvalue weighted by Crippen LogP contribution is 2.14. The first-order chi connectivity index (χ1) is 18.5. The first-order valence-electron chi connectivity index (χ1n) is 12.7. The van der Waals surface area contributed by atoms with Gasteiger partial charge in [0.2, 0.25) is 17.7 Å². The van der Waals surface area contributed by atoms with Gasteiger partial charge in [-0.1, -0.05) is 32.4 Å².